The third-order valence-electron chi connectivity index (χ3n) is 7.36. The van der Waals surface area contributed by atoms with Gasteiger partial charge in [-0.3, -0.25) is 14.8 Å². The Morgan fingerprint density at radius 1 is 1.05 bits per heavy atom. The Morgan fingerprint density at radius 3 is 2.61 bits per heavy atom. The van der Waals surface area contributed by atoms with Crippen molar-refractivity contribution in [2.45, 2.75) is 45.5 Å². The molecule has 1 aliphatic carbocycles. The van der Waals surface area contributed by atoms with Crippen molar-refractivity contribution in [3.8, 4) is 0 Å². The zero-order valence-corrected chi connectivity index (χ0v) is 23.1. The average molecular weight is 564 g/mol. The second kappa shape index (κ2) is 11.0. The topological polar surface area (TPSA) is 87.2 Å². The molecule has 3 heterocycles. The molecule has 0 bridgehead atoms. The largest absolute Gasteiger partial charge is 0.416 e. The van der Waals surface area contributed by atoms with Crippen LogP contribution in [0.4, 0.5) is 18.0 Å². The second-order valence-corrected chi connectivity index (χ2v) is 11.4. The molecule has 1 aromatic carbocycles. The Balaban J connectivity index is 1.44. The number of piperidine rings is 1. The molecule has 41 heavy (non-hydrogen) atoms. The number of benzene rings is 1. The van der Waals surface area contributed by atoms with Gasteiger partial charge in [0.05, 0.1) is 29.2 Å². The van der Waals surface area contributed by atoms with Crippen LogP contribution in [0.1, 0.15) is 44.0 Å². The number of nitrogens with zero attached hydrogens (tertiary/aromatic N) is 3. The monoisotopic (exact) mass is 563 g/mol. The predicted octanol–water partition coefficient (Wildman–Crippen LogP) is 5.73. The maximum Gasteiger partial charge on any atom is 0.416 e. The molecule has 0 spiro atoms. The van der Waals surface area contributed by atoms with Gasteiger partial charge in [0.1, 0.15) is 0 Å². The maximum absolute atomic E-state index is 13.6. The maximum atomic E-state index is 13.6. The minimum atomic E-state index is -4.47. The summed E-state index contributed by atoms with van der Waals surface area (Å²) in [4.78, 5) is 37.1. The van der Waals surface area contributed by atoms with Crippen molar-refractivity contribution in [2.24, 2.45) is 11.8 Å². The number of pyridine rings is 2. The molecule has 10 heteroatoms. The van der Waals surface area contributed by atoms with Gasteiger partial charge >= 0.3 is 12.2 Å². The summed E-state index contributed by atoms with van der Waals surface area (Å²) in [6, 6.07) is 10.6. The number of aromatic nitrogens is 2. The number of nitrogens with one attached hydrogen (secondary N) is 2. The molecule has 2 N–H and O–H groups in total. The number of carbonyl (C=O) groups excluding carboxylic acids is 2. The van der Waals surface area contributed by atoms with Crippen molar-refractivity contribution in [1.29, 1.82) is 0 Å². The molecule has 214 valence electrons. The Kier molecular flexibility index (Phi) is 7.59. The van der Waals surface area contributed by atoms with Crippen molar-refractivity contribution in [3.63, 3.8) is 0 Å². The molecular weight excluding hydrogens is 531 g/mol. The molecule has 2 atom stereocenters. The number of rotatable bonds is 4. The summed E-state index contributed by atoms with van der Waals surface area (Å²) in [6.07, 6.45) is 2.79. The van der Waals surface area contributed by atoms with E-state index in [0.29, 0.717) is 35.3 Å². The van der Waals surface area contributed by atoms with E-state index in [1.54, 1.807) is 35.5 Å². The number of likely N-dealkylation sites (tertiary alicyclic amines) is 1. The van der Waals surface area contributed by atoms with Crippen LogP contribution in [0.15, 0.2) is 72.6 Å². The molecule has 3 aromatic rings. The third kappa shape index (κ3) is 6.26. The quantitative estimate of drug-likeness (QED) is 0.424. The molecule has 5 rings (SSSR count). The molecule has 7 nitrogen and oxygen atoms in total. The number of hydrogen-bond acceptors (Lipinski definition) is 4. The van der Waals surface area contributed by atoms with Gasteiger partial charge in [0, 0.05) is 42.3 Å². The van der Waals surface area contributed by atoms with Crippen LogP contribution in [0.3, 0.4) is 0 Å². The van der Waals surface area contributed by atoms with Crippen molar-refractivity contribution in [1.82, 2.24) is 25.5 Å². The van der Waals surface area contributed by atoms with E-state index in [9.17, 15) is 22.8 Å². The Labute approximate surface area is 236 Å². The van der Waals surface area contributed by atoms with E-state index in [4.69, 9.17) is 0 Å². The van der Waals surface area contributed by atoms with Crippen molar-refractivity contribution < 1.29 is 22.8 Å². The zero-order valence-electron chi connectivity index (χ0n) is 23.1. The molecule has 1 aliphatic heterocycles. The smallest absolute Gasteiger partial charge is 0.350 e. The standard InChI is InChI=1S/C31H32F3N5O2/c1-30(2,3)38-29(41)39-15-12-23-22(20-6-4-8-21(16-20)31(32,33)34)9-10-24(25(23)18-39)28(40)37-17-26-27-19(11-14-35-26)7-5-13-36-27/h4-11,13-14,16,24-25H,12,15,17-18H2,1-3H3,(H,37,40)(H,38,41). The molecule has 0 saturated carbocycles. The number of halogens is 3. The summed E-state index contributed by atoms with van der Waals surface area (Å²) < 4.78 is 40.5. The third-order valence-corrected chi connectivity index (χ3v) is 7.36. The fraction of sp³-hybridized carbons (Fsp3) is 0.355. The summed E-state index contributed by atoms with van der Waals surface area (Å²) in [7, 11) is 0. The number of carbonyl (C=O) groups is 2. The van der Waals surface area contributed by atoms with Gasteiger partial charge in [-0.25, -0.2) is 4.79 Å². The highest BCUT2D eigenvalue weighted by atomic mass is 19.4. The fourth-order valence-corrected chi connectivity index (χ4v) is 5.46. The van der Waals surface area contributed by atoms with Crippen LogP contribution in [-0.4, -0.2) is 45.4 Å². The van der Waals surface area contributed by atoms with Crippen LogP contribution < -0.4 is 10.6 Å². The summed E-state index contributed by atoms with van der Waals surface area (Å²) in [5.41, 5.74) is 2.13. The van der Waals surface area contributed by atoms with Gasteiger partial charge in [-0.1, -0.05) is 35.9 Å². The van der Waals surface area contributed by atoms with Crippen LogP contribution in [0.25, 0.3) is 16.5 Å². The van der Waals surface area contributed by atoms with Gasteiger partial charge in [0.15, 0.2) is 0 Å². The number of urea groups is 1. The molecular formula is C31H32F3N5O2. The van der Waals surface area contributed by atoms with Crippen LogP contribution in [0.2, 0.25) is 0 Å². The van der Waals surface area contributed by atoms with E-state index >= 15 is 0 Å². The lowest BCUT2D eigenvalue weighted by Crippen LogP contribution is -2.53. The highest BCUT2D eigenvalue weighted by Gasteiger charge is 2.39. The first-order valence-corrected chi connectivity index (χ1v) is 13.5. The van der Waals surface area contributed by atoms with E-state index in [1.807, 2.05) is 39.0 Å². The zero-order chi connectivity index (χ0) is 29.4. The number of amides is 3. The first kappa shape index (κ1) is 28.3. The van der Waals surface area contributed by atoms with Crippen LogP contribution >= 0.6 is 0 Å². The average Bonchev–Trinajstić information content (AvgIpc) is 2.93. The van der Waals surface area contributed by atoms with Gasteiger partial charge < -0.3 is 15.5 Å². The molecule has 2 unspecified atom stereocenters. The number of fused-ring (bicyclic) bond motifs is 2. The molecule has 1 saturated heterocycles. The van der Waals surface area contributed by atoms with Crippen LogP contribution in [0, 0.1) is 11.8 Å². The lowest BCUT2D eigenvalue weighted by atomic mass is 9.73. The van der Waals surface area contributed by atoms with Crippen molar-refractivity contribution >= 4 is 28.4 Å². The summed E-state index contributed by atoms with van der Waals surface area (Å²) in [5, 5.41) is 6.86. The van der Waals surface area contributed by atoms with Crippen LogP contribution in [-0.2, 0) is 17.5 Å². The summed E-state index contributed by atoms with van der Waals surface area (Å²) >= 11 is 0. The fourth-order valence-electron chi connectivity index (χ4n) is 5.46. The van der Waals surface area contributed by atoms with Crippen LogP contribution in [0.5, 0.6) is 0 Å². The minimum absolute atomic E-state index is 0.165. The highest BCUT2D eigenvalue weighted by Crippen LogP contribution is 2.41. The molecule has 0 radical (unpaired) electrons. The van der Waals surface area contributed by atoms with Crippen molar-refractivity contribution in [3.05, 3.63) is 89.4 Å². The van der Waals surface area contributed by atoms with E-state index in [-0.39, 0.29) is 25.0 Å². The number of allylic oxidation sites excluding steroid dienone is 2. The van der Waals surface area contributed by atoms with Gasteiger partial charge in [-0.05, 0) is 62.6 Å². The van der Waals surface area contributed by atoms with E-state index in [0.717, 1.165) is 23.1 Å². The first-order chi connectivity index (χ1) is 19.4. The molecule has 1 fully saturated rings. The van der Waals surface area contributed by atoms with E-state index in [2.05, 4.69) is 20.6 Å². The predicted molar refractivity (Wildman–Crippen MR) is 150 cm³/mol. The Hall–Kier alpha value is -4.21. The molecule has 2 aromatic heterocycles. The highest BCUT2D eigenvalue weighted by molar-refractivity contribution is 5.88. The van der Waals surface area contributed by atoms with E-state index < -0.39 is 29.1 Å². The van der Waals surface area contributed by atoms with Gasteiger partial charge in [0.25, 0.3) is 0 Å². The minimum Gasteiger partial charge on any atom is -0.350 e. The first-order valence-electron chi connectivity index (χ1n) is 13.5. The van der Waals surface area contributed by atoms with E-state index in [1.165, 1.54) is 6.07 Å². The second-order valence-electron chi connectivity index (χ2n) is 11.4. The number of alkyl halides is 3. The Morgan fingerprint density at radius 2 is 1.85 bits per heavy atom. The Bertz CT molecular complexity index is 1540. The normalized spacial score (nSPS) is 19.2. The number of hydrogen-bond donors (Lipinski definition) is 2. The van der Waals surface area contributed by atoms with Gasteiger partial charge in [-0.15, -0.1) is 0 Å². The molecule has 2 aliphatic rings. The molecule has 3 amide bonds. The van der Waals surface area contributed by atoms with Gasteiger partial charge in [0.2, 0.25) is 5.91 Å². The summed E-state index contributed by atoms with van der Waals surface area (Å²) in [6.45, 7) is 6.49. The van der Waals surface area contributed by atoms with Gasteiger partial charge in [-0.2, -0.15) is 13.2 Å². The lowest BCUT2D eigenvalue weighted by Gasteiger charge is -2.41. The summed E-state index contributed by atoms with van der Waals surface area (Å²) in [5.74, 6) is -1.27. The van der Waals surface area contributed by atoms with Crippen molar-refractivity contribution in [2.75, 3.05) is 13.1 Å². The lowest BCUT2D eigenvalue weighted by molar-refractivity contribution is -0.137. The SMILES string of the molecule is CC(C)(C)NC(=O)N1CCC2=C(c3cccc(C(F)(F)F)c3)C=CC(C(=O)NCc3nccc4cccnc34)C2C1.